The number of imidazole rings is 1. The van der Waals surface area contributed by atoms with Crippen molar-refractivity contribution in [3.63, 3.8) is 0 Å². The van der Waals surface area contributed by atoms with Crippen LogP contribution in [0.5, 0.6) is 0 Å². The van der Waals surface area contributed by atoms with Crippen LogP contribution in [-0.4, -0.2) is 45.6 Å². The first-order valence-electron chi connectivity index (χ1n) is 6.76. The lowest BCUT2D eigenvalue weighted by molar-refractivity contribution is 0.291. The summed E-state index contributed by atoms with van der Waals surface area (Å²) in [6, 6.07) is 6.31. The molecule has 1 fully saturated rings. The molecule has 0 radical (unpaired) electrons. The SMILES string of the molecule is Cc1ccc2nc(N)n(CCN3CCSCC3)c2c1. The number of nitrogen functional groups attached to an aromatic ring is 1. The smallest absolute Gasteiger partial charge is 0.201 e. The normalized spacial score (nSPS) is 17.1. The lowest BCUT2D eigenvalue weighted by Crippen LogP contribution is -2.35. The van der Waals surface area contributed by atoms with Crippen molar-refractivity contribution in [2.24, 2.45) is 0 Å². The summed E-state index contributed by atoms with van der Waals surface area (Å²) in [5, 5.41) is 0. The molecule has 1 saturated heterocycles. The minimum Gasteiger partial charge on any atom is -0.369 e. The number of benzene rings is 1. The van der Waals surface area contributed by atoms with E-state index < -0.39 is 0 Å². The Labute approximate surface area is 118 Å². The van der Waals surface area contributed by atoms with Crippen molar-refractivity contribution < 1.29 is 0 Å². The minimum absolute atomic E-state index is 0.631. The maximum absolute atomic E-state index is 6.05. The van der Waals surface area contributed by atoms with E-state index in [-0.39, 0.29) is 0 Å². The Balaban J connectivity index is 1.79. The Bertz CT molecular complexity index is 572. The number of nitrogens with zero attached hydrogens (tertiary/aromatic N) is 3. The summed E-state index contributed by atoms with van der Waals surface area (Å²) in [6.07, 6.45) is 0. The van der Waals surface area contributed by atoms with E-state index in [1.54, 1.807) is 0 Å². The highest BCUT2D eigenvalue weighted by Gasteiger charge is 2.12. The highest BCUT2D eigenvalue weighted by Crippen LogP contribution is 2.19. The van der Waals surface area contributed by atoms with Gasteiger partial charge in [-0.25, -0.2) is 4.98 Å². The van der Waals surface area contributed by atoms with Crippen molar-refractivity contribution in [1.82, 2.24) is 14.5 Å². The van der Waals surface area contributed by atoms with Gasteiger partial charge in [-0.3, -0.25) is 4.90 Å². The van der Waals surface area contributed by atoms with Gasteiger partial charge in [-0.05, 0) is 24.6 Å². The standard InChI is InChI=1S/C14H20N4S/c1-11-2-3-12-13(10-11)18(14(15)16-12)5-4-17-6-8-19-9-7-17/h2-3,10H,4-9H2,1H3,(H2,15,16). The molecular weight excluding hydrogens is 256 g/mol. The summed E-state index contributed by atoms with van der Waals surface area (Å²) in [4.78, 5) is 6.95. The fourth-order valence-electron chi connectivity index (χ4n) is 2.55. The first-order chi connectivity index (χ1) is 9.24. The number of anilines is 1. The number of fused-ring (bicyclic) bond motifs is 1. The molecule has 1 aliphatic rings. The minimum atomic E-state index is 0.631. The average Bonchev–Trinajstić information content (AvgIpc) is 2.73. The number of aryl methyl sites for hydroxylation is 1. The number of hydrogen-bond acceptors (Lipinski definition) is 4. The van der Waals surface area contributed by atoms with Crippen molar-refractivity contribution in [3.05, 3.63) is 23.8 Å². The molecule has 5 heteroatoms. The van der Waals surface area contributed by atoms with Gasteiger partial charge < -0.3 is 10.3 Å². The molecule has 1 aromatic heterocycles. The second kappa shape index (κ2) is 5.43. The molecule has 102 valence electrons. The number of hydrogen-bond donors (Lipinski definition) is 1. The second-order valence-corrected chi connectivity index (χ2v) is 6.29. The van der Waals surface area contributed by atoms with Crippen LogP contribution in [0.4, 0.5) is 5.95 Å². The van der Waals surface area contributed by atoms with Crippen LogP contribution in [0.1, 0.15) is 5.56 Å². The molecular formula is C14H20N4S. The molecule has 0 unspecified atom stereocenters. The van der Waals surface area contributed by atoms with E-state index in [0.717, 1.165) is 24.1 Å². The van der Waals surface area contributed by atoms with Crippen molar-refractivity contribution in [2.75, 3.05) is 36.9 Å². The average molecular weight is 276 g/mol. The lowest BCUT2D eigenvalue weighted by atomic mass is 10.2. The third-order valence-electron chi connectivity index (χ3n) is 3.68. The van der Waals surface area contributed by atoms with Crippen LogP contribution < -0.4 is 5.73 Å². The molecule has 0 saturated carbocycles. The van der Waals surface area contributed by atoms with Gasteiger partial charge in [0.15, 0.2) is 0 Å². The summed E-state index contributed by atoms with van der Waals surface area (Å²) in [5.74, 6) is 3.13. The van der Waals surface area contributed by atoms with Crippen LogP contribution >= 0.6 is 11.8 Å². The monoisotopic (exact) mass is 276 g/mol. The van der Waals surface area contributed by atoms with Crippen molar-refractivity contribution in [3.8, 4) is 0 Å². The topological polar surface area (TPSA) is 47.1 Å². The molecule has 0 atom stereocenters. The Morgan fingerprint density at radius 1 is 1.26 bits per heavy atom. The number of rotatable bonds is 3. The summed E-state index contributed by atoms with van der Waals surface area (Å²) in [5.41, 5.74) is 9.45. The van der Waals surface area contributed by atoms with Gasteiger partial charge in [0.2, 0.25) is 5.95 Å². The van der Waals surface area contributed by atoms with E-state index >= 15 is 0 Å². The number of aromatic nitrogens is 2. The van der Waals surface area contributed by atoms with Gasteiger partial charge in [0.25, 0.3) is 0 Å². The lowest BCUT2D eigenvalue weighted by Gasteiger charge is -2.26. The summed E-state index contributed by atoms with van der Waals surface area (Å²) < 4.78 is 2.14. The molecule has 3 rings (SSSR count). The molecule has 19 heavy (non-hydrogen) atoms. The molecule has 1 aromatic carbocycles. The van der Waals surface area contributed by atoms with E-state index in [1.807, 2.05) is 11.8 Å². The van der Waals surface area contributed by atoms with Gasteiger partial charge in [-0.2, -0.15) is 11.8 Å². The molecule has 4 nitrogen and oxygen atoms in total. The molecule has 2 aromatic rings. The maximum atomic E-state index is 6.05. The van der Waals surface area contributed by atoms with E-state index in [0.29, 0.717) is 5.95 Å². The second-order valence-electron chi connectivity index (χ2n) is 5.07. The molecule has 1 aliphatic heterocycles. The third kappa shape index (κ3) is 2.72. The van der Waals surface area contributed by atoms with E-state index in [1.165, 1.54) is 30.2 Å². The van der Waals surface area contributed by atoms with Crippen molar-refractivity contribution in [2.45, 2.75) is 13.5 Å². The van der Waals surface area contributed by atoms with E-state index in [9.17, 15) is 0 Å². The van der Waals surface area contributed by atoms with Gasteiger partial charge in [0.1, 0.15) is 0 Å². The van der Waals surface area contributed by atoms with Crippen LogP contribution in [0.25, 0.3) is 11.0 Å². The van der Waals surface area contributed by atoms with Gasteiger partial charge >= 0.3 is 0 Å². The molecule has 2 N–H and O–H groups in total. The molecule has 0 bridgehead atoms. The summed E-state index contributed by atoms with van der Waals surface area (Å²) >= 11 is 2.04. The Morgan fingerprint density at radius 3 is 2.84 bits per heavy atom. The Morgan fingerprint density at radius 2 is 2.05 bits per heavy atom. The first-order valence-corrected chi connectivity index (χ1v) is 7.92. The summed E-state index contributed by atoms with van der Waals surface area (Å²) in [6.45, 7) is 6.47. The van der Waals surface area contributed by atoms with Crippen molar-refractivity contribution >= 4 is 28.7 Å². The van der Waals surface area contributed by atoms with Crippen LogP contribution in [-0.2, 0) is 6.54 Å². The van der Waals surface area contributed by atoms with Crippen LogP contribution in [0.15, 0.2) is 18.2 Å². The predicted octanol–water partition coefficient (Wildman–Crippen LogP) is 1.98. The van der Waals surface area contributed by atoms with E-state index in [4.69, 9.17) is 5.73 Å². The van der Waals surface area contributed by atoms with Crippen LogP contribution in [0, 0.1) is 6.92 Å². The van der Waals surface area contributed by atoms with Crippen LogP contribution in [0.3, 0.4) is 0 Å². The Kier molecular flexibility index (Phi) is 3.66. The Hall–Kier alpha value is -1.20. The fraction of sp³-hybridized carbons (Fsp3) is 0.500. The molecule has 0 aliphatic carbocycles. The number of nitrogens with two attached hydrogens (primary N) is 1. The van der Waals surface area contributed by atoms with Gasteiger partial charge in [0.05, 0.1) is 11.0 Å². The third-order valence-corrected chi connectivity index (χ3v) is 4.62. The van der Waals surface area contributed by atoms with E-state index in [2.05, 4.69) is 39.6 Å². The predicted molar refractivity (Wildman–Crippen MR) is 82.6 cm³/mol. The molecule has 2 heterocycles. The largest absolute Gasteiger partial charge is 0.369 e. The first kappa shape index (κ1) is 12.8. The summed E-state index contributed by atoms with van der Waals surface area (Å²) in [7, 11) is 0. The zero-order valence-corrected chi connectivity index (χ0v) is 12.1. The fourth-order valence-corrected chi connectivity index (χ4v) is 3.53. The molecule has 0 spiro atoms. The zero-order valence-electron chi connectivity index (χ0n) is 11.3. The molecule has 0 amide bonds. The highest BCUT2D eigenvalue weighted by molar-refractivity contribution is 7.99. The van der Waals surface area contributed by atoms with Gasteiger partial charge in [0, 0.05) is 37.7 Å². The zero-order chi connectivity index (χ0) is 13.2. The van der Waals surface area contributed by atoms with Crippen LogP contribution in [0.2, 0.25) is 0 Å². The highest BCUT2D eigenvalue weighted by atomic mass is 32.2. The number of thioether (sulfide) groups is 1. The van der Waals surface area contributed by atoms with Crippen molar-refractivity contribution in [1.29, 1.82) is 0 Å². The maximum Gasteiger partial charge on any atom is 0.201 e. The quantitative estimate of drug-likeness (QED) is 0.931. The van der Waals surface area contributed by atoms with Gasteiger partial charge in [-0.1, -0.05) is 6.07 Å². The van der Waals surface area contributed by atoms with Gasteiger partial charge in [-0.15, -0.1) is 0 Å².